The lowest BCUT2D eigenvalue weighted by Gasteiger charge is -2.11. The fraction of sp³-hybridized carbons (Fsp3) is 0.500. The van der Waals surface area contributed by atoms with Crippen molar-refractivity contribution in [3.8, 4) is 0 Å². The highest BCUT2D eigenvalue weighted by molar-refractivity contribution is 5.94. The van der Waals surface area contributed by atoms with Crippen molar-refractivity contribution in [2.24, 2.45) is 0 Å². The van der Waals surface area contributed by atoms with Gasteiger partial charge in [-0.1, -0.05) is 25.5 Å². The fourth-order valence-electron chi connectivity index (χ4n) is 1.52. The second kappa shape index (κ2) is 7.07. The van der Waals surface area contributed by atoms with Crippen LogP contribution in [0.3, 0.4) is 0 Å². The SMILES string of the molecule is CCCCc1ccc(NC(=O)C(C)NC)cc1. The van der Waals surface area contributed by atoms with Crippen LogP contribution in [0.15, 0.2) is 24.3 Å². The lowest BCUT2D eigenvalue weighted by molar-refractivity contribution is -0.117. The zero-order valence-corrected chi connectivity index (χ0v) is 10.9. The molecule has 0 saturated carbocycles. The first-order chi connectivity index (χ1) is 8.17. The summed E-state index contributed by atoms with van der Waals surface area (Å²) in [4.78, 5) is 11.6. The molecule has 0 aliphatic rings. The summed E-state index contributed by atoms with van der Waals surface area (Å²) in [5.41, 5.74) is 2.18. The quantitative estimate of drug-likeness (QED) is 0.794. The van der Waals surface area contributed by atoms with Gasteiger partial charge in [-0.25, -0.2) is 0 Å². The summed E-state index contributed by atoms with van der Waals surface area (Å²) in [5.74, 6) is -0.00573. The van der Waals surface area contributed by atoms with E-state index in [2.05, 4.69) is 29.7 Å². The molecule has 0 radical (unpaired) electrons. The Balaban J connectivity index is 2.53. The first-order valence-electron chi connectivity index (χ1n) is 6.24. The normalized spacial score (nSPS) is 12.2. The smallest absolute Gasteiger partial charge is 0.241 e. The van der Waals surface area contributed by atoms with Crippen molar-refractivity contribution >= 4 is 11.6 Å². The summed E-state index contributed by atoms with van der Waals surface area (Å²) in [6.07, 6.45) is 3.53. The Hall–Kier alpha value is -1.35. The molecule has 0 heterocycles. The topological polar surface area (TPSA) is 41.1 Å². The van der Waals surface area contributed by atoms with Gasteiger partial charge in [-0.3, -0.25) is 4.79 Å². The molecule has 17 heavy (non-hydrogen) atoms. The maximum atomic E-state index is 11.6. The Morgan fingerprint density at radius 2 is 1.94 bits per heavy atom. The van der Waals surface area contributed by atoms with Gasteiger partial charge in [0.05, 0.1) is 6.04 Å². The van der Waals surface area contributed by atoms with Gasteiger partial charge in [0.15, 0.2) is 0 Å². The van der Waals surface area contributed by atoms with Crippen LogP contribution in [0, 0.1) is 0 Å². The minimum atomic E-state index is -0.172. The van der Waals surface area contributed by atoms with E-state index in [1.54, 1.807) is 7.05 Å². The van der Waals surface area contributed by atoms with Crippen LogP contribution >= 0.6 is 0 Å². The number of nitrogens with one attached hydrogen (secondary N) is 2. The van der Waals surface area contributed by atoms with Gasteiger partial charge in [-0.15, -0.1) is 0 Å². The molecule has 0 aromatic heterocycles. The first kappa shape index (κ1) is 13.7. The molecule has 1 atom stereocenters. The highest BCUT2D eigenvalue weighted by Crippen LogP contribution is 2.12. The first-order valence-corrected chi connectivity index (χ1v) is 6.24. The Kier molecular flexibility index (Phi) is 5.70. The maximum Gasteiger partial charge on any atom is 0.241 e. The average molecular weight is 234 g/mol. The number of hydrogen-bond acceptors (Lipinski definition) is 2. The van der Waals surface area contributed by atoms with Crippen molar-refractivity contribution in [2.45, 2.75) is 39.2 Å². The van der Waals surface area contributed by atoms with E-state index in [0.29, 0.717) is 0 Å². The summed E-state index contributed by atoms with van der Waals surface area (Å²) in [7, 11) is 1.78. The number of unbranched alkanes of at least 4 members (excludes halogenated alkanes) is 1. The Morgan fingerprint density at radius 1 is 1.29 bits per heavy atom. The van der Waals surface area contributed by atoms with Crippen LogP contribution in [-0.4, -0.2) is 19.0 Å². The van der Waals surface area contributed by atoms with Gasteiger partial charge in [-0.05, 0) is 44.5 Å². The van der Waals surface area contributed by atoms with Crippen molar-refractivity contribution in [3.63, 3.8) is 0 Å². The van der Waals surface area contributed by atoms with Crippen LogP contribution in [0.2, 0.25) is 0 Å². The summed E-state index contributed by atoms with van der Waals surface area (Å²) in [6, 6.07) is 7.91. The molecule has 3 heteroatoms. The number of aryl methyl sites for hydroxylation is 1. The molecular formula is C14H22N2O. The van der Waals surface area contributed by atoms with Crippen molar-refractivity contribution in [1.29, 1.82) is 0 Å². The largest absolute Gasteiger partial charge is 0.325 e. The van der Waals surface area contributed by atoms with Gasteiger partial charge in [0.25, 0.3) is 0 Å². The third-order valence-electron chi connectivity index (χ3n) is 2.87. The highest BCUT2D eigenvalue weighted by atomic mass is 16.2. The van der Waals surface area contributed by atoms with E-state index >= 15 is 0 Å². The fourth-order valence-corrected chi connectivity index (χ4v) is 1.52. The van der Waals surface area contributed by atoms with Crippen LogP contribution in [0.25, 0.3) is 0 Å². The van der Waals surface area contributed by atoms with Crippen LogP contribution in [0.1, 0.15) is 32.3 Å². The number of likely N-dealkylation sites (N-methyl/N-ethyl adjacent to an activating group) is 1. The molecule has 1 rings (SSSR count). The molecule has 1 amide bonds. The van der Waals surface area contributed by atoms with Crippen molar-refractivity contribution in [1.82, 2.24) is 5.32 Å². The highest BCUT2D eigenvalue weighted by Gasteiger charge is 2.09. The number of amides is 1. The van der Waals surface area contributed by atoms with E-state index in [9.17, 15) is 4.79 Å². The van der Waals surface area contributed by atoms with E-state index in [1.807, 2.05) is 19.1 Å². The van der Waals surface area contributed by atoms with Gasteiger partial charge in [0, 0.05) is 5.69 Å². The standard InChI is InChI=1S/C14H22N2O/c1-4-5-6-12-7-9-13(10-8-12)16-14(17)11(2)15-3/h7-11,15H,4-6H2,1-3H3,(H,16,17). The average Bonchev–Trinajstić information content (AvgIpc) is 2.37. The molecule has 0 saturated heterocycles. The minimum absolute atomic E-state index is 0.00573. The molecule has 0 aliphatic carbocycles. The number of rotatable bonds is 6. The molecular weight excluding hydrogens is 212 g/mol. The molecule has 2 N–H and O–H groups in total. The van der Waals surface area contributed by atoms with E-state index in [4.69, 9.17) is 0 Å². The number of carbonyl (C=O) groups excluding carboxylic acids is 1. The van der Waals surface area contributed by atoms with E-state index < -0.39 is 0 Å². The van der Waals surface area contributed by atoms with Crippen LogP contribution in [-0.2, 0) is 11.2 Å². The van der Waals surface area contributed by atoms with E-state index in [0.717, 1.165) is 12.1 Å². The third kappa shape index (κ3) is 4.57. The van der Waals surface area contributed by atoms with Crippen LogP contribution in [0.5, 0.6) is 0 Å². The molecule has 3 nitrogen and oxygen atoms in total. The van der Waals surface area contributed by atoms with Crippen LogP contribution < -0.4 is 10.6 Å². The maximum absolute atomic E-state index is 11.6. The molecule has 1 aromatic rings. The second-order valence-corrected chi connectivity index (χ2v) is 4.30. The van der Waals surface area contributed by atoms with Crippen molar-refractivity contribution in [3.05, 3.63) is 29.8 Å². The number of benzene rings is 1. The summed E-state index contributed by atoms with van der Waals surface area (Å²) >= 11 is 0. The Labute approximate surface area is 104 Å². The van der Waals surface area contributed by atoms with Gasteiger partial charge < -0.3 is 10.6 Å². The minimum Gasteiger partial charge on any atom is -0.325 e. The van der Waals surface area contributed by atoms with Crippen molar-refractivity contribution in [2.75, 3.05) is 12.4 Å². The number of anilines is 1. The summed E-state index contributed by atoms with van der Waals surface area (Å²) in [6.45, 7) is 4.03. The Morgan fingerprint density at radius 3 is 2.47 bits per heavy atom. The monoisotopic (exact) mass is 234 g/mol. The molecule has 0 aliphatic heterocycles. The molecule has 1 aromatic carbocycles. The van der Waals surface area contributed by atoms with Gasteiger partial charge in [0.1, 0.15) is 0 Å². The van der Waals surface area contributed by atoms with Gasteiger partial charge in [0.2, 0.25) is 5.91 Å². The van der Waals surface area contributed by atoms with Crippen molar-refractivity contribution < 1.29 is 4.79 Å². The zero-order chi connectivity index (χ0) is 12.7. The number of hydrogen-bond donors (Lipinski definition) is 2. The van der Waals surface area contributed by atoms with Gasteiger partial charge >= 0.3 is 0 Å². The summed E-state index contributed by atoms with van der Waals surface area (Å²) < 4.78 is 0. The third-order valence-corrected chi connectivity index (χ3v) is 2.87. The molecule has 0 fully saturated rings. The molecule has 1 unspecified atom stereocenters. The predicted octanol–water partition coefficient (Wildman–Crippen LogP) is 2.58. The molecule has 0 bridgehead atoms. The van der Waals surface area contributed by atoms with Gasteiger partial charge in [-0.2, -0.15) is 0 Å². The lowest BCUT2D eigenvalue weighted by Crippen LogP contribution is -2.35. The van der Waals surface area contributed by atoms with Crippen LogP contribution in [0.4, 0.5) is 5.69 Å². The summed E-state index contributed by atoms with van der Waals surface area (Å²) in [5, 5.41) is 5.79. The zero-order valence-electron chi connectivity index (χ0n) is 10.9. The lowest BCUT2D eigenvalue weighted by atomic mass is 10.1. The molecule has 94 valence electrons. The van der Waals surface area contributed by atoms with E-state index in [1.165, 1.54) is 18.4 Å². The predicted molar refractivity (Wildman–Crippen MR) is 72.2 cm³/mol. The van der Waals surface area contributed by atoms with E-state index in [-0.39, 0.29) is 11.9 Å². The molecule has 0 spiro atoms. The number of carbonyl (C=O) groups is 1. The second-order valence-electron chi connectivity index (χ2n) is 4.30. The Bertz CT molecular complexity index is 346.